The van der Waals surface area contributed by atoms with Gasteiger partial charge in [0.25, 0.3) is 0 Å². The lowest BCUT2D eigenvalue weighted by Gasteiger charge is -2.27. The molecule has 0 saturated carbocycles. The molecule has 1 atom stereocenters. The van der Waals surface area contributed by atoms with Crippen molar-refractivity contribution < 1.29 is 14.4 Å². The van der Waals surface area contributed by atoms with Crippen molar-refractivity contribution in [1.29, 1.82) is 0 Å². The lowest BCUT2D eigenvalue weighted by atomic mass is 9.82. The van der Waals surface area contributed by atoms with Crippen LogP contribution in [0.15, 0.2) is 45.8 Å². The number of hydrogen-bond donors (Lipinski definition) is 3. The Bertz CT molecular complexity index is 1250. The monoisotopic (exact) mass is 392 g/mol. The predicted molar refractivity (Wildman–Crippen MR) is 106 cm³/mol. The summed E-state index contributed by atoms with van der Waals surface area (Å²) in [6, 6.07) is 8.44. The fourth-order valence-corrected chi connectivity index (χ4v) is 3.73. The average Bonchev–Trinajstić information content (AvgIpc) is 3.27. The van der Waals surface area contributed by atoms with Gasteiger partial charge in [-0.1, -0.05) is 18.1 Å². The Hall–Kier alpha value is -3.52. The van der Waals surface area contributed by atoms with Crippen molar-refractivity contribution in [3.63, 3.8) is 0 Å². The van der Waals surface area contributed by atoms with Crippen molar-refractivity contribution in [1.82, 2.24) is 20.1 Å². The van der Waals surface area contributed by atoms with Crippen molar-refractivity contribution >= 4 is 16.8 Å². The molecule has 3 aromatic heterocycles. The number of benzene rings is 1. The molecule has 3 N–H and O–H groups in total. The van der Waals surface area contributed by atoms with Crippen LogP contribution in [0.5, 0.6) is 0 Å². The third-order valence-corrected chi connectivity index (χ3v) is 5.10. The molecule has 0 amide bonds. The van der Waals surface area contributed by atoms with Crippen LogP contribution in [0.4, 0.5) is 0 Å². The topological polar surface area (TPSA) is 125 Å². The van der Waals surface area contributed by atoms with E-state index >= 15 is 0 Å². The summed E-state index contributed by atoms with van der Waals surface area (Å²) in [4.78, 5) is 34.7. The summed E-state index contributed by atoms with van der Waals surface area (Å²) in [6.07, 6.45) is 1.59. The van der Waals surface area contributed by atoms with E-state index in [-0.39, 0.29) is 17.7 Å². The van der Waals surface area contributed by atoms with Gasteiger partial charge in [-0.15, -0.1) is 0 Å². The fourth-order valence-electron chi connectivity index (χ4n) is 3.73. The molecule has 0 saturated heterocycles. The number of H-pyrrole nitrogens is 2. The van der Waals surface area contributed by atoms with Gasteiger partial charge in [-0.05, 0) is 43.7 Å². The minimum Gasteiger partial charge on any atom is -0.372 e. The van der Waals surface area contributed by atoms with Crippen LogP contribution in [-0.2, 0) is 10.4 Å². The molecule has 0 radical (unpaired) electrons. The molecule has 3 heterocycles. The van der Waals surface area contributed by atoms with E-state index in [2.05, 4.69) is 20.1 Å². The SMILES string of the molecule is CCC(=O)C(O)(c1ccccn1)c1cc(-c2c(C)noc2C)cc2[nH]c(=O)[nH]c12. The first-order chi connectivity index (χ1) is 13.9. The van der Waals surface area contributed by atoms with Gasteiger partial charge in [-0.3, -0.25) is 9.78 Å². The molecular weight excluding hydrogens is 372 g/mol. The highest BCUT2D eigenvalue weighted by atomic mass is 16.5. The van der Waals surface area contributed by atoms with Crippen molar-refractivity contribution in [2.24, 2.45) is 0 Å². The van der Waals surface area contributed by atoms with Crippen molar-refractivity contribution in [3.05, 3.63) is 69.7 Å². The van der Waals surface area contributed by atoms with Crippen LogP contribution in [0.2, 0.25) is 0 Å². The third-order valence-electron chi connectivity index (χ3n) is 5.10. The van der Waals surface area contributed by atoms with Crippen LogP contribution in [0, 0.1) is 13.8 Å². The van der Waals surface area contributed by atoms with E-state index in [1.165, 1.54) is 6.20 Å². The highest BCUT2D eigenvalue weighted by Gasteiger charge is 2.42. The number of aromatic nitrogens is 4. The van der Waals surface area contributed by atoms with Crippen molar-refractivity contribution in [3.8, 4) is 11.1 Å². The summed E-state index contributed by atoms with van der Waals surface area (Å²) < 4.78 is 5.27. The van der Waals surface area contributed by atoms with Gasteiger partial charge in [0.05, 0.1) is 22.4 Å². The lowest BCUT2D eigenvalue weighted by molar-refractivity contribution is -0.134. The molecule has 1 aromatic carbocycles. The number of rotatable bonds is 5. The molecule has 0 aliphatic rings. The average molecular weight is 392 g/mol. The largest absolute Gasteiger partial charge is 0.372 e. The number of aliphatic hydroxyl groups is 1. The van der Waals surface area contributed by atoms with Gasteiger partial charge in [-0.25, -0.2) is 4.79 Å². The second-order valence-corrected chi connectivity index (χ2v) is 6.93. The second kappa shape index (κ2) is 6.82. The summed E-state index contributed by atoms with van der Waals surface area (Å²) >= 11 is 0. The Morgan fingerprint density at radius 1 is 1.24 bits per heavy atom. The molecule has 1 unspecified atom stereocenters. The maximum Gasteiger partial charge on any atom is 0.323 e. The zero-order valence-corrected chi connectivity index (χ0v) is 16.2. The quantitative estimate of drug-likeness (QED) is 0.480. The first-order valence-electron chi connectivity index (χ1n) is 9.23. The van der Waals surface area contributed by atoms with Gasteiger partial charge in [0.15, 0.2) is 11.4 Å². The number of nitrogens with one attached hydrogen (secondary N) is 2. The van der Waals surface area contributed by atoms with Crippen molar-refractivity contribution in [2.45, 2.75) is 32.8 Å². The van der Waals surface area contributed by atoms with E-state index in [1.54, 1.807) is 51.1 Å². The van der Waals surface area contributed by atoms with Gasteiger partial charge in [0, 0.05) is 23.7 Å². The molecule has 148 valence electrons. The maximum absolute atomic E-state index is 13.0. The highest BCUT2D eigenvalue weighted by molar-refractivity contribution is 5.97. The second-order valence-electron chi connectivity index (χ2n) is 6.93. The number of aromatic amines is 2. The standard InChI is InChI=1S/C21H20N4O4/c1-4-17(26)21(28,16-7-5-6-8-22-16)14-9-13(18-11(2)25-29-12(18)3)10-15-19(14)24-20(27)23-15/h5-10,28H,4H2,1-3H3,(H2,23,24,27). The van der Waals surface area contributed by atoms with Gasteiger partial charge in [0.1, 0.15) is 5.76 Å². The Balaban J connectivity index is 2.10. The first-order valence-corrected chi connectivity index (χ1v) is 9.23. The molecule has 4 rings (SSSR count). The van der Waals surface area contributed by atoms with Crippen LogP contribution in [-0.4, -0.2) is 31.0 Å². The number of carbonyl (C=O) groups is 1. The summed E-state index contributed by atoms with van der Waals surface area (Å²) in [6.45, 7) is 5.25. The van der Waals surface area contributed by atoms with Gasteiger partial charge >= 0.3 is 5.69 Å². The normalized spacial score (nSPS) is 13.5. The molecular formula is C21H20N4O4. The molecule has 4 aromatic rings. The third kappa shape index (κ3) is 2.89. The van der Waals surface area contributed by atoms with E-state index in [1.807, 2.05) is 0 Å². The molecule has 0 spiro atoms. The van der Waals surface area contributed by atoms with E-state index in [9.17, 15) is 14.7 Å². The zero-order chi connectivity index (χ0) is 20.8. The minimum absolute atomic E-state index is 0.0821. The first kappa shape index (κ1) is 18.8. The molecule has 0 fully saturated rings. The molecule has 8 nitrogen and oxygen atoms in total. The number of pyridine rings is 1. The number of hydrogen-bond acceptors (Lipinski definition) is 6. The fraction of sp³-hybridized carbons (Fsp3) is 0.238. The number of nitrogens with zero attached hydrogens (tertiary/aromatic N) is 2. The predicted octanol–water partition coefficient (Wildman–Crippen LogP) is 2.74. The number of Topliss-reactive ketones (excluding diaryl/α,β-unsaturated/α-hetero) is 1. The Kier molecular flexibility index (Phi) is 4.43. The van der Waals surface area contributed by atoms with Crippen molar-refractivity contribution in [2.75, 3.05) is 0 Å². The molecule has 8 heteroatoms. The highest BCUT2D eigenvalue weighted by Crippen LogP contribution is 2.38. The Morgan fingerprint density at radius 3 is 2.66 bits per heavy atom. The number of carbonyl (C=O) groups excluding carboxylic acids is 1. The van der Waals surface area contributed by atoms with E-state index < -0.39 is 17.1 Å². The smallest absolute Gasteiger partial charge is 0.323 e. The van der Waals surface area contributed by atoms with Crippen LogP contribution < -0.4 is 5.69 Å². The van der Waals surface area contributed by atoms with E-state index in [0.29, 0.717) is 28.1 Å². The molecule has 0 aliphatic heterocycles. The van der Waals surface area contributed by atoms with Gasteiger partial charge in [-0.2, -0.15) is 0 Å². The minimum atomic E-state index is -2.03. The summed E-state index contributed by atoms with van der Waals surface area (Å²) in [5, 5.41) is 15.7. The van der Waals surface area contributed by atoms with Crippen LogP contribution in [0.1, 0.15) is 36.1 Å². The Morgan fingerprint density at radius 2 is 2.03 bits per heavy atom. The Labute approximate surface area is 165 Å². The van der Waals surface area contributed by atoms with Crippen LogP contribution >= 0.6 is 0 Å². The van der Waals surface area contributed by atoms with Crippen LogP contribution in [0.3, 0.4) is 0 Å². The lowest BCUT2D eigenvalue weighted by Crippen LogP contribution is -2.38. The number of aryl methyl sites for hydroxylation is 2. The molecule has 0 aliphatic carbocycles. The van der Waals surface area contributed by atoms with Gasteiger partial charge in [0.2, 0.25) is 0 Å². The molecule has 29 heavy (non-hydrogen) atoms. The van der Waals surface area contributed by atoms with Gasteiger partial charge < -0.3 is 19.6 Å². The zero-order valence-electron chi connectivity index (χ0n) is 16.2. The number of ketones is 1. The summed E-state index contributed by atoms with van der Waals surface area (Å²) in [5.74, 6) is 0.157. The molecule has 0 bridgehead atoms. The van der Waals surface area contributed by atoms with E-state index in [0.717, 1.165) is 5.56 Å². The summed E-state index contributed by atoms with van der Waals surface area (Å²) in [5.41, 5.74) is 0.827. The maximum atomic E-state index is 13.0. The number of fused-ring (bicyclic) bond motifs is 1. The number of imidazole rings is 1. The van der Waals surface area contributed by atoms with E-state index in [4.69, 9.17) is 4.52 Å². The summed E-state index contributed by atoms with van der Waals surface area (Å²) in [7, 11) is 0. The van der Waals surface area contributed by atoms with Crippen LogP contribution in [0.25, 0.3) is 22.2 Å².